The average Bonchev–Trinajstić information content (AvgIpc) is 3.37. The second-order valence-corrected chi connectivity index (χ2v) is 11.1. The number of benzene rings is 2. The Bertz CT molecular complexity index is 2070. The minimum Gasteiger partial charge on any atom is -0.352 e. The number of fused-ring (bicyclic) bond motifs is 10. The van der Waals surface area contributed by atoms with Gasteiger partial charge in [0.05, 0.1) is 40.2 Å². The van der Waals surface area contributed by atoms with Crippen LogP contribution in [-0.2, 0) is 20.0 Å². The second kappa shape index (κ2) is 12.2. The maximum absolute atomic E-state index is 14.2. The van der Waals surface area contributed by atoms with Gasteiger partial charge in [0.1, 0.15) is 0 Å². The summed E-state index contributed by atoms with van der Waals surface area (Å²) in [6.07, 6.45) is 8.01. The summed E-state index contributed by atoms with van der Waals surface area (Å²) in [6.45, 7) is -0.179. The highest BCUT2D eigenvalue weighted by atomic mass is 35.5. The lowest BCUT2D eigenvalue weighted by Gasteiger charge is -2.19. The number of aromatic nitrogens is 6. The summed E-state index contributed by atoms with van der Waals surface area (Å²) in [5.74, 6) is -5.41. The lowest BCUT2D eigenvalue weighted by molar-refractivity contribution is 0.0952. The van der Waals surface area contributed by atoms with Crippen molar-refractivity contribution in [2.24, 2.45) is 7.05 Å². The van der Waals surface area contributed by atoms with Crippen LogP contribution in [0.15, 0.2) is 52.4 Å². The molecule has 0 saturated carbocycles. The van der Waals surface area contributed by atoms with Gasteiger partial charge in [-0.15, -0.1) is 0 Å². The third-order valence-electron chi connectivity index (χ3n) is 7.60. The molecule has 232 valence electrons. The fourth-order valence-electron chi connectivity index (χ4n) is 5.48. The lowest BCUT2D eigenvalue weighted by Crippen LogP contribution is -2.43. The van der Waals surface area contributed by atoms with Crippen LogP contribution in [0, 0.1) is 17.5 Å². The van der Waals surface area contributed by atoms with Gasteiger partial charge in [-0.25, -0.2) is 27.3 Å². The smallest absolute Gasteiger partial charge is 0.352 e. The lowest BCUT2D eigenvalue weighted by atomic mass is 10.0. The highest BCUT2D eigenvalue weighted by Gasteiger charge is 2.23. The predicted octanol–water partition coefficient (Wildman–Crippen LogP) is 4.38. The van der Waals surface area contributed by atoms with Crippen LogP contribution in [-0.4, -0.2) is 41.3 Å². The third-order valence-corrected chi connectivity index (χ3v) is 7.90. The molecule has 0 fully saturated rings. The number of anilines is 2. The standard InChI is InChI=1S/C30H26ClF3N8O3/c1-40-15-19-17-6-4-2-3-5-8-36-27(43)18-7-9-35-13-24(18)42-29(44)38-28(37-26(17)20(31)12-23(19)39-40)41(30(42)45)14-16-10-21(32)25(34)22(33)11-16/h7,9-13,15H,2-6,8,14H2,1H3,(H,36,43)(H,37,38,44). The van der Waals surface area contributed by atoms with Gasteiger partial charge in [-0.1, -0.05) is 24.4 Å². The number of amides is 1. The van der Waals surface area contributed by atoms with Crippen LogP contribution in [0.3, 0.4) is 0 Å². The highest BCUT2D eigenvalue weighted by molar-refractivity contribution is 6.34. The van der Waals surface area contributed by atoms with Gasteiger partial charge >= 0.3 is 11.4 Å². The first-order valence-corrected chi connectivity index (χ1v) is 14.5. The number of carbonyl (C=O) groups is 1. The van der Waals surface area contributed by atoms with E-state index in [0.717, 1.165) is 46.9 Å². The molecule has 2 aliphatic heterocycles. The first kappa shape index (κ1) is 30.1. The maximum atomic E-state index is 14.2. The second-order valence-electron chi connectivity index (χ2n) is 10.7. The van der Waals surface area contributed by atoms with Crippen molar-refractivity contribution in [2.45, 2.75) is 38.6 Å². The van der Waals surface area contributed by atoms with Crippen LogP contribution in [0.1, 0.15) is 47.2 Å². The molecule has 3 aromatic heterocycles. The fraction of sp³-hybridized carbons (Fsp3) is 0.267. The van der Waals surface area contributed by atoms with E-state index in [4.69, 9.17) is 11.6 Å². The molecule has 45 heavy (non-hydrogen) atoms. The molecule has 0 spiro atoms. The van der Waals surface area contributed by atoms with Crippen LogP contribution in [0.2, 0.25) is 5.02 Å². The summed E-state index contributed by atoms with van der Waals surface area (Å²) >= 11 is 6.75. The van der Waals surface area contributed by atoms with Crippen molar-refractivity contribution in [2.75, 3.05) is 11.9 Å². The molecule has 1 amide bonds. The number of halogens is 4. The van der Waals surface area contributed by atoms with Crippen LogP contribution in [0.4, 0.5) is 24.8 Å². The first-order chi connectivity index (χ1) is 21.6. The molecular formula is C30H26ClF3N8O3. The Hall–Kier alpha value is -4.98. The van der Waals surface area contributed by atoms with E-state index in [9.17, 15) is 27.6 Å². The number of carbonyl (C=O) groups excluding carboxylic acids is 1. The van der Waals surface area contributed by atoms with E-state index in [2.05, 4.69) is 25.7 Å². The Labute approximate surface area is 258 Å². The van der Waals surface area contributed by atoms with Crippen molar-refractivity contribution in [3.63, 3.8) is 0 Å². The zero-order valence-electron chi connectivity index (χ0n) is 23.9. The molecule has 0 aliphatic carbocycles. The summed E-state index contributed by atoms with van der Waals surface area (Å²) in [7, 11) is 1.77. The molecule has 11 nitrogen and oxygen atoms in total. The number of nitrogens with zero attached hydrogens (tertiary/aromatic N) is 6. The van der Waals surface area contributed by atoms with Gasteiger partial charge in [0.15, 0.2) is 17.5 Å². The molecule has 2 bridgehead atoms. The van der Waals surface area contributed by atoms with E-state index < -0.39 is 41.3 Å². The Kier molecular flexibility index (Phi) is 8.14. The summed E-state index contributed by atoms with van der Waals surface area (Å²) < 4.78 is 45.5. The predicted molar refractivity (Wildman–Crippen MR) is 161 cm³/mol. The number of hydrogen-bond donors (Lipinski definition) is 2. The van der Waals surface area contributed by atoms with Crippen LogP contribution in [0.5, 0.6) is 0 Å². The van der Waals surface area contributed by atoms with E-state index in [1.165, 1.54) is 18.5 Å². The van der Waals surface area contributed by atoms with Gasteiger partial charge in [0.25, 0.3) is 5.91 Å². The number of hydrogen-bond acceptors (Lipinski definition) is 7. The van der Waals surface area contributed by atoms with Crippen molar-refractivity contribution in [3.05, 3.63) is 103 Å². The molecule has 0 unspecified atom stereocenters. The largest absolute Gasteiger partial charge is 0.359 e. The van der Waals surface area contributed by atoms with Crippen LogP contribution < -0.4 is 22.0 Å². The van der Waals surface area contributed by atoms with Gasteiger partial charge in [-0.2, -0.15) is 10.1 Å². The minimum absolute atomic E-state index is 0.00573. The van der Waals surface area contributed by atoms with E-state index in [-0.39, 0.29) is 27.8 Å². The summed E-state index contributed by atoms with van der Waals surface area (Å²) in [6, 6.07) is 4.48. The summed E-state index contributed by atoms with van der Waals surface area (Å²) in [5.41, 5.74) is -0.568. The average molecular weight is 639 g/mol. The third kappa shape index (κ3) is 5.80. The van der Waals surface area contributed by atoms with Crippen LogP contribution in [0.25, 0.3) is 16.6 Å². The summed E-state index contributed by atoms with van der Waals surface area (Å²) in [4.78, 5) is 48.9. The Balaban J connectivity index is 1.61. The molecule has 5 heterocycles. The van der Waals surface area contributed by atoms with Gasteiger partial charge in [0.2, 0.25) is 5.95 Å². The molecule has 2 N–H and O–H groups in total. The zero-order valence-corrected chi connectivity index (χ0v) is 24.7. The Morgan fingerprint density at radius 3 is 2.56 bits per heavy atom. The quantitative estimate of drug-likeness (QED) is 0.275. The van der Waals surface area contributed by atoms with E-state index in [1.807, 2.05) is 6.20 Å². The first-order valence-electron chi connectivity index (χ1n) is 14.1. The molecular weight excluding hydrogens is 613 g/mol. The van der Waals surface area contributed by atoms with Gasteiger partial charge in [-0.3, -0.25) is 19.0 Å². The number of nitrogens with one attached hydrogen (secondary N) is 2. The van der Waals surface area contributed by atoms with Crippen molar-refractivity contribution in [1.82, 2.24) is 34.2 Å². The maximum Gasteiger partial charge on any atom is 0.359 e. The molecule has 0 atom stereocenters. The molecule has 0 saturated heterocycles. The topological polar surface area (TPSA) is 129 Å². The Morgan fingerprint density at radius 1 is 1.02 bits per heavy atom. The molecule has 15 heteroatoms. The fourth-order valence-corrected chi connectivity index (χ4v) is 5.74. The monoisotopic (exact) mass is 638 g/mol. The van der Waals surface area contributed by atoms with E-state index in [1.54, 1.807) is 17.8 Å². The highest BCUT2D eigenvalue weighted by Crippen LogP contribution is 2.36. The molecule has 0 radical (unpaired) electrons. The molecule has 2 aromatic carbocycles. The minimum atomic E-state index is -1.67. The van der Waals surface area contributed by atoms with Crippen LogP contribution >= 0.6 is 11.6 Å². The normalized spacial score (nSPS) is 14.0. The van der Waals surface area contributed by atoms with Gasteiger partial charge in [0, 0.05) is 31.4 Å². The number of aryl methyl sites for hydroxylation is 2. The van der Waals surface area contributed by atoms with Gasteiger partial charge in [-0.05, 0) is 54.7 Å². The van der Waals surface area contributed by atoms with E-state index >= 15 is 0 Å². The SMILES string of the molecule is Cn1cc2c3c(c(Cl)cc2n1)Nc1nc(=O)n(c(=O)n1Cc1cc(F)c(F)c(F)c1)-c1cnccc1C(=O)NCCCCCC3. The molecule has 7 rings (SSSR count). The van der Waals surface area contributed by atoms with Gasteiger partial charge < -0.3 is 10.6 Å². The Morgan fingerprint density at radius 2 is 1.78 bits per heavy atom. The van der Waals surface area contributed by atoms with Crippen molar-refractivity contribution in [1.29, 1.82) is 0 Å². The molecule has 5 aromatic rings. The molecule has 2 aliphatic rings. The van der Waals surface area contributed by atoms with Crippen molar-refractivity contribution in [3.8, 4) is 5.69 Å². The summed E-state index contributed by atoms with van der Waals surface area (Å²) in [5, 5.41) is 11.3. The number of rotatable bonds is 2. The van der Waals surface area contributed by atoms with Crippen molar-refractivity contribution < 1.29 is 18.0 Å². The van der Waals surface area contributed by atoms with E-state index in [0.29, 0.717) is 35.2 Å². The van der Waals surface area contributed by atoms with Crippen molar-refractivity contribution >= 4 is 40.0 Å². The zero-order chi connectivity index (χ0) is 31.8. The number of pyridine rings is 1.